The van der Waals surface area contributed by atoms with E-state index in [0.29, 0.717) is 28.5 Å². The van der Waals surface area contributed by atoms with Gasteiger partial charge in [-0.2, -0.15) is 0 Å². The fraction of sp³-hybridized carbons (Fsp3) is 0.217. The summed E-state index contributed by atoms with van der Waals surface area (Å²) < 4.78 is 43.9. The Morgan fingerprint density at radius 3 is 2.61 bits per heavy atom. The number of sulfonamides is 1. The van der Waals surface area contributed by atoms with Crippen LogP contribution >= 0.6 is 11.6 Å². The number of halogens is 1. The lowest BCUT2D eigenvalue weighted by molar-refractivity contribution is 0.0470. The summed E-state index contributed by atoms with van der Waals surface area (Å²) in [5, 5.41) is 3.88. The molecule has 1 aromatic heterocycles. The van der Waals surface area contributed by atoms with Gasteiger partial charge in [-0.25, -0.2) is 13.2 Å². The van der Waals surface area contributed by atoms with Gasteiger partial charge in [0.1, 0.15) is 18.1 Å². The number of rotatable bonds is 9. The maximum absolute atomic E-state index is 13.5. The fourth-order valence-corrected chi connectivity index (χ4v) is 4.82. The van der Waals surface area contributed by atoms with Crippen molar-refractivity contribution in [3.05, 3.63) is 82.7 Å². The normalized spacial score (nSPS) is 11.2. The lowest BCUT2D eigenvalue weighted by Gasteiger charge is -2.25. The lowest BCUT2D eigenvalue weighted by Crippen LogP contribution is -2.31. The number of esters is 1. The number of hydrogen-bond donors (Lipinski definition) is 0. The Labute approximate surface area is 197 Å². The van der Waals surface area contributed by atoms with Crippen LogP contribution in [0.2, 0.25) is 5.02 Å². The van der Waals surface area contributed by atoms with E-state index in [1.165, 1.54) is 31.4 Å². The molecule has 0 atom stereocenters. The van der Waals surface area contributed by atoms with Crippen LogP contribution in [0.5, 0.6) is 5.75 Å². The Balaban J connectivity index is 1.96. The molecule has 0 bridgehead atoms. The number of ether oxygens (including phenoxy) is 2. The number of carbonyl (C=O) groups is 1. The van der Waals surface area contributed by atoms with Crippen LogP contribution in [0, 0.1) is 13.8 Å². The number of para-hydroxylation sites is 2. The molecule has 2 aromatic carbocycles. The predicted molar refractivity (Wildman–Crippen MR) is 124 cm³/mol. The van der Waals surface area contributed by atoms with Crippen LogP contribution in [0.3, 0.4) is 0 Å². The molecule has 0 aliphatic heterocycles. The summed E-state index contributed by atoms with van der Waals surface area (Å²) in [7, 11) is -2.65. The van der Waals surface area contributed by atoms with Crippen molar-refractivity contribution in [2.24, 2.45) is 0 Å². The summed E-state index contributed by atoms with van der Waals surface area (Å²) in [6.07, 6.45) is 1.46. The first-order valence-corrected chi connectivity index (χ1v) is 11.7. The zero-order chi connectivity index (χ0) is 24.2. The van der Waals surface area contributed by atoms with Crippen LogP contribution in [0.15, 0.2) is 64.5 Å². The summed E-state index contributed by atoms with van der Waals surface area (Å²) in [6, 6.07) is 10.6. The van der Waals surface area contributed by atoms with E-state index in [1.807, 2.05) is 0 Å². The van der Waals surface area contributed by atoms with Gasteiger partial charge in [0, 0.05) is 0 Å². The van der Waals surface area contributed by atoms with Crippen LogP contribution in [0.25, 0.3) is 0 Å². The predicted octanol–water partition coefficient (Wildman–Crippen LogP) is 4.69. The largest absolute Gasteiger partial charge is 0.495 e. The van der Waals surface area contributed by atoms with E-state index in [9.17, 15) is 13.2 Å². The molecule has 3 rings (SSSR count). The molecule has 174 valence electrons. The van der Waals surface area contributed by atoms with Gasteiger partial charge < -0.3 is 14.0 Å². The highest BCUT2D eigenvalue weighted by atomic mass is 35.5. The zero-order valence-electron chi connectivity index (χ0n) is 18.4. The Morgan fingerprint density at radius 1 is 1.24 bits per heavy atom. The first-order chi connectivity index (χ1) is 15.7. The van der Waals surface area contributed by atoms with Gasteiger partial charge in [-0.1, -0.05) is 35.0 Å². The van der Waals surface area contributed by atoms with E-state index in [4.69, 9.17) is 25.6 Å². The molecule has 8 nitrogen and oxygen atoms in total. The van der Waals surface area contributed by atoms with Crippen molar-refractivity contribution in [3.63, 3.8) is 0 Å². The van der Waals surface area contributed by atoms with Crippen molar-refractivity contribution in [3.8, 4) is 5.75 Å². The van der Waals surface area contributed by atoms with Crippen molar-refractivity contribution in [1.82, 2.24) is 5.16 Å². The summed E-state index contributed by atoms with van der Waals surface area (Å²) in [5.41, 5.74) is 1.48. The first-order valence-electron chi connectivity index (χ1n) is 9.85. The van der Waals surface area contributed by atoms with E-state index >= 15 is 0 Å². The van der Waals surface area contributed by atoms with Crippen molar-refractivity contribution in [1.29, 1.82) is 0 Å². The molecule has 0 N–H and O–H groups in total. The summed E-state index contributed by atoms with van der Waals surface area (Å²) in [5.74, 6) is 0.125. The molecule has 33 heavy (non-hydrogen) atoms. The number of methoxy groups -OCH3 is 1. The second-order valence-corrected chi connectivity index (χ2v) is 9.29. The third-order valence-corrected chi connectivity index (χ3v) is 7.03. The number of carbonyl (C=O) groups excluding carboxylic acids is 1. The van der Waals surface area contributed by atoms with Crippen LogP contribution in [0.4, 0.5) is 5.69 Å². The van der Waals surface area contributed by atoms with Crippen LogP contribution in [0.1, 0.15) is 27.4 Å². The number of nitrogens with zero attached hydrogens (tertiary/aromatic N) is 2. The molecule has 0 aliphatic rings. The molecule has 0 aliphatic carbocycles. The number of aryl methyl sites for hydroxylation is 2. The van der Waals surface area contributed by atoms with Gasteiger partial charge in [0.05, 0.1) is 46.1 Å². The van der Waals surface area contributed by atoms with Crippen LogP contribution in [-0.4, -0.2) is 33.2 Å². The van der Waals surface area contributed by atoms with Crippen LogP contribution < -0.4 is 9.04 Å². The SMILES string of the molecule is C=CCN(c1ccccc1OC)S(=O)(=O)c1ccc(Cl)c(C(=O)OCc2c(C)noc2C)c1. The minimum atomic E-state index is -4.10. The Bertz CT molecular complexity index is 1270. The van der Waals surface area contributed by atoms with E-state index < -0.39 is 16.0 Å². The number of benzene rings is 2. The standard InChI is InChI=1S/C23H23ClN2O6S/c1-5-12-26(21-8-6-7-9-22(21)30-4)33(28,29)17-10-11-20(24)18(13-17)23(27)31-14-19-15(2)25-32-16(19)3/h5-11,13H,1,12,14H2,2-4H3. The monoisotopic (exact) mass is 490 g/mol. The first kappa shape index (κ1) is 24.3. The van der Waals surface area contributed by atoms with Gasteiger partial charge in [-0.05, 0) is 44.2 Å². The van der Waals surface area contributed by atoms with Crippen molar-refractivity contribution in [2.45, 2.75) is 25.3 Å². The third-order valence-electron chi connectivity index (χ3n) is 4.92. The summed E-state index contributed by atoms with van der Waals surface area (Å²) in [4.78, 5) is 12.6. The third kappa shape index (κ3) is 5.04. The minimum Gasteiger partial charge on any atom is -0.495 e. The Kier molecular flexibility index (Phi) is 7.45. The van der Waals surface area contributed by atoms with Gasteiger partial charge in [0.2, 0.25) is 0 Å². The van der Waals surface area contributed by atoms with Gasteiger partial charge in [-0.3, -0.25) is 4.31 Å². The maximum atomic E-state index is 13.5. The molecule has 0 unspecified atom stereocenters. The summed E-state index contributed by atoms with van der Waals surface area (Å²) >= 11 is 6.19. The molecule has 0 radical (unpaired) electrons. The molecule has 3 aromatic rings. The average molecular weight is 491 g/mol. The molecule has 0 fully saturated rings. The van der Waals surface area contributed by atoms with E-state index in [1.54, 1.807) is 38.1 Å². The second kappa shape index (κ2) is 10.1. The van der Waals surface area contributed by atoms with Gasteiger partial charge in [-0.15, -0.1) is 6.58 Å². The highest BCUT2D eigenvalue weighted by Crippen LogP contribution is 2.33. The Hall–Kier alpha value is -3.30. The molecule has 0 amide bonds. The second-order valence-electron chi connectivity index (χ2n) is 7.02. The van der Waals surface area contributed by atoms with E-state index in [0.717, 1.165) is 4.31 Å². The maximum Gasteiger partial charge on any atom is 0.340 e. The quantitative estimate of drug-likeness (QED) is 0.317. The smallest absolute Gasteiger partial charge is 0.340 e. The highest BCUT2D eigenvalue weighted by molar-refractivity contribution is 7.92. The zero-order valence-corrected chi connectivity index (χ0v) is 19.9. The van der Waals surface area contributed by atoms with Gasteiger partial charge in [0.15, 0.2) is 0 Å². The molecule has 0 spiro atoms. The molecular weight excluding hydrogens is 468 g/mol. The van der Waals surface area contributed by atoms with E-state index in [2.05, 4.69) is 11.7 Å². The highest BCUT2D eigenvalue weighted by Gasteiger charge is 2.28. The number of aromatic nitrogens is 1. The minimum absolute atomic E-state index is 0.0167. The van der Waals surface area contributed by atoms with Crippen molar-refractivity contribution >= 4 is 33.3 Å². The number of hydrogen-bond acceptors (Lipinski definition) is 7. The fourth-order valence-electron chi connectivity index (χ4n) is 3.15. The molecule has 1 heterocycles. The van der Waals surface area contributed by atoms with Gasteiger partial charge >= 0.3 is 5.97 Å². The van der Waals surface area contributed by atoms with Crippen LogP contribution in [-0.2, 0) is 21.4 Å². The van der Waals surface area contributed by atoms with E-state index in [-0.39, 0.29) is 28.6 Å². The van der Waals surface area contributed by atoms with Crippen molar-refractivity contribution < 1.29 is 27.2 Å². The molecule has 0 saturated heterocycles. The molecule has 0 saturated carbocycles. The Morgan fingerprint density at radius 2 is 1.97 bits per heavy atom. The molecular formula is C23H23ClN2O6S. The molecule has 10 heteroatoms. The average Bonchev–Trinajstić information content (AvgIpc) is 3.12. The summed E-state index contributed by atoms with van der Waals surface area (Å²) in [6.45, 7) is 6.99. The lowest BCUT2D eigenvalue weighted by atomic mass is 10.2. The number of anilines is 1. The topological polar surface area (TPSA) is 98.9 Å². The van der Waals surface area contributed by atoms with Crippen molar-refractivity contribution in [2.75, 3.05) is 18.0 Å². The van der Waals surface area contributed by atoms with Gasteiger partial charge in [0.25, 0.3) is 10.0 Å².